The molecule has 1 aliphatic heterocycles. The van der Waals surface area contributed by atoms with Crippen molar-refractivity contribution in [1.82, 2.24) is 25.1 Å². The fourth-order valence-corrected chi connectivity index (χ4v) is 3.10. The summed E-state index contributed by atoms with van der Waals surface area (Å²) in [4.78, 5) is 14.2. The normalized spacial score (nSPS) is 19.6. The fraction of sp³-hybridized carbons (Fsp3) is 0.500. The van der Waals surface area contributed by atoms with Gasteiger partial charge in [0, 0.05) is 19.5 Å². The Bertz CT molecular complexity index is 690. The van der Waals surface area contributed by atoms with Crippen LogP contribution in [0.4, 0.5) is 13.2 Å². The lowest BCUT2D eigenvalue weighted by Crippen LogP contribution is -2.47. The number of aromatic nitrogens is 4. The molecule has 0 spiro atoms. The van der Waals surface area contributed by atoms with Crippen LogP contribution in [0.25, 0.3) is 0 Å². The third kappa shape index (κ3) is 4.15. The highest BCUT2D eigenvalue weighted by Gasteiger charge is 2.43. The minimum atomic E-state index is -4.29. The molecular weight excluding hydrogens is 335 g/mol. The number of benzene rings is 1. The maximum Gasteiger partial charge on any atom is 0.393 e. The van der Waals surface area contributed by atoms with Crippen molar-refractivity contribution < 1.29 is 18.0 Å². The quantitative estimate of drug-likeness (QED) is 0.846. The first-order chi connectivity index (χ1) is 11.9. The van der Waals surface area contributed by atoms with Crippen LogP contribution in [-0.2, 0) is 11.2 Å². The van der Waals surface area contributed by atoms with E-state index in [2.05, 4.69) is 15.5 Å². The van der Waals surface area contributed by atoms with Gasteiger partial charge in [0.15, 0.2) is 0 Å². The van der Waals surface area contributed by atoms with E-state index in [0.717, 1.165) is 5.56 Å². The molecule has 9 heteroatoms. The van der Waals surface area contributed by atoms with Crippen LogP contribution in [-0.4, -0.2) is 50.3 Å². The Kier molecular flexibility index (Phi) is 5.00. The Balaban J connectivity index is 1.79. The summed E-state index contributed by atoms with van der Waals surface area (Å²) in [6.07, 6.45) is -2.26. The van der Waals surface area contributed by atoms with Gasteiger partial charge in [0.2, 0.25) is 5.91 Å². The third-order valence-corrected chi connectivity index (χ3v) is 4.44. The summed E-state index contributed by atoms with van der Waals surface area (Å²) in [5.74, 6) is -1.86. The highest BCUT2D eigenvalue weighted by Crippen LogP contribution is 2.34. The molecule has 1 aromatic heterocycles. The van der Waals surface area contributed by atoms with Gasteiger partial charge < -0.3 is 4.90 Å². The number of hydrogen-bond donors (Lipinski definition) is 0. The average molecular weight is 353 g/mol. The van der Waals surface area contributed by atoms with Crippen LogP contribution < -0.4 is 0 Å². The van der Waals surface area contributed by atoms with Gasteiger partial charge in [0.1, 0.15) is 12.4 Å². The zero-order chi connectivity index (χ0) is 17.9. The van der Waals surface area contributed by atoms with Crippen LogP contribution in [0.2, 0.25) is 0 Å². The lowest BCUT2D eigenvalue weighted by Gasteiger charge is -2.35. The summed E-state index contributed by atoms with van der Waals surface area (Å²) in [5.41, 5.74) is 0.890. The molecule has 25 heavy (non-hydrogen) atoms. The Hall–Kier alpha value is -2.45. The molecule has 1 saturated heterocycles. The monoisotopic (exact) mass is 353 g/mol. The summed E-state index contributed by atoms with van der Waals surface area (Å²) in [7, 11) is 0. The van der Waals surface area contributed by atoms with E-state index < -0.39 is 18.1 Å². The van der Waals surface area contributed by atoms with Crippen molar-refractivity contribution in [2.75, 3.05) is 13.1 Å². The smallest absolute Gasteiger partial charge is 0.340 e. The van der Waals surface area contributed by atoms with E-state index in [1.807, 2.05) is 30.3 Å². The Morgan fingerprint density at radius 1 is 1.28 bits per heavy atom. The average Bonchev–Trinajstić information content (AvgIpc) is 3.14. The van der Waals surface area contributed by atoms with Gasteiger partial charge in [-0.3, -0.25) is 4.79 Å². The van der Waals surface area contributed by atoms with Crippen LogP contribution in [0.15, 0.2) is 36.7 Å². The van der Waals surface area contributed by atoms with E-state index in [1.54, 1.807) is 0 Å². The number of tetrazole rings is 1. The molecule has 0 saturated carbocycles. The van der Waals surface area contributed by atoms with Crippen molar-refractivity contribution >= 4 is 5.91 Å². The van der Waals surface area contributed by atoms with E-state index >= 15 is 0 Å². The summed E-state index contributed by atoms with van der Waals surface area (Å²) >= 11 is 0. The van der Waals surface area contributed by atoms with Crippen LogP contribution in [0.3, 0.4) is 0 Å². The maximum absolute atomic E-state index is 13.0. The number of alkyl halides is 3. The highest BCUT2D eigenvalue weighted by molar-refractivity contribution is 5.80. The topological polar surface area (TPSA) is 63.9 Å². The fourth-order valence-electron chi connectivity index (χ4n) is 3.10. The van der Waals surface area contributed by atoms with Gasteiger partial charge in [-0.25, -0.2) is 4.68 Å². The zero-order valence-corrected chi connectivity index (χ0v) is 13.4. The molecular formula is C16H18F3N5O. The minimum Gasteiger partial charge on any atom is -0.340 e. The summed E-state index contributed by atoms with van der Waals surface area (Å²) in [6.45, 7) is 0.00851. The molecule has 0 N–H and O–H groups in total. The van der Waals surface area contributed by atoms with Crippen molar-refractivity contribution in [2.24, 2.45) is 5.92 Å². The number of nitrogens with zero attached hydrogens (tertiary/aromatic N) is 5. The zero-order valence-electron chi connectivity index (χ0n) is 13.4. The van der Waals surface area contributed by atoms with Crippen LogP contribution in [0.5, 0.6) is 0 Å². The predicted molar refractivity (Wildman–Crippen MR) is 82.4 cm³/mol. The van der Waals surface area contributed by atoms with Crippen LogP contribution in [0, 0.1) is 5.92 Å². The van der Waals surface area contributed by atoms with Crippen molar-refractivity contribution in [3.8, 4) is 0 Å². The summed E-state index contributed by atoms with van der Waals surface area (Å²) < 4.78 is 40.4. The van der Waals surface area contributed by atoms with Crippen molar-refractivity contribution in [1.29, 1.82) is 0 Å². The van der Waals surface area contributed by atoms with E-state index in [-0.39, 0.29) is 18.9 Å². The summed E-state index contributed by atoms with van der Waals surface area (Å²) in [6, 6.07) is 8.51. The van der Waals surface area contributed by atoms with Crippen LogP contribution in [0.1, 0.15) is 24.4 Å². The molecule has 0 aliphatic carbocycles. The predicted octanol–water partition coefficient (Wildman–Crippen LogP) is 2.26. The SMILES string of the molecule is O=C([C@@H](Cc1ccccc1)n1cnnn1)N1CCC[C@@H](C(F)(F)F)C1. The van der Waals surface area contributed by atoms with Gasteiger partial charge in [-0.2, -0.15) is 13.2 Å². The van der Waals surface area contributed by atoms with E-state index in [4.69, 9.17) is 0 Å². The molecule has 134 valence electrons. The molecule has 2 aromatic rings. The third-order valence-electron chi connectivity index (χ3n) is 4.44. The minimum absolute atomic E-state index is 0.0571. The van der Waals surface area contributed by atoms with Gasteiger partial charge in [0.05, 0.1) is 5.92 Å². The number of carbonyl (C=O) groups is 1. The molecule has 3 rings (SSSR count). The van der Waals surface area contributed by atoms with Crippen molar-refractivity contribution in [3.63, 3.8) is 0 Å². The first-order valence-corrected chi connectivity index (χ1v) is 8.07. The molecule has 6 nitrogen and oxygen atoms in total. The Morgan fingerprint density at radius 2 is 2.04 bits per heavy atom. The number of halogens is 3. The largest absolute Gasteiger partial charge is 0.393 e. The molecule has 1 amide bonds. The molecule has 0 bridgehead atoms. The van der Waals surface area contributed by atoms with E-state index in [0.29, 0.717) is 19.4 Å². The van der Waals surface area contributed by atoms with Gasteiger partial charge in [-0.15, -0.1) is 5.10 Å². The second-order valence-corrected chi connectivity index (χ2v) is 6.16. The first-order valence-electron chi connectivity index (χ1n) is 8.07. The van der Waals surface area contributed by atoms with Crippen molar-refractivity contribution in [3.05, 3.63) is 42.2 Å². The molecule has 2 atom stereocenters. The van der Waals surface area contributed by atoms with Gasteiger partial charge in [-0.05, 0) is 28.8 Å². The van der Waals surface area contributed by atoms with Crippen molar-refractivity contribution in [2.45, 2.75) is 31.5 Å². The lowest BCUT2D eigenvalue weighted by molar-refractivity contribution is -0.188. The molecule has 0 unspecified atom stereocenters. The maximum atomic E-state index is 13.0. The molecule has 1 aliphatic rings. The molecule has 1 aromatic carbocycles. The summed E-state index contributed by atoms with van der Waals surface area (Å²) in [5, 5.41) is 10.9. The number of likely N-dealkylation sites (tertiary alicyclic amines) is 1. The lowest BCUT2D eigenvalue weighted by atomic mass is 9.96. The molecule has 1 fully saturated rings. The number of hydrogen-bond acceptors (Lipinski definition) is 4. The number of rotatable bonds is 4. The number of piperidine rings is 1. The Morgan fingerprint density at radius 3 is 2.68 bits per heavy atom. The second kappa shape index (κ2) is 7.20. The number of carbonyl (C=O) groups excluding carboxylic acids is 1. The standard InChI is InChI=1S/C16H18F3N5O/c17-16(18,19)13-7-4-8-23(10-13)15(25)14(24-11-20-21-22-24)9-12-5-2-1-3-6-12/h1-3,5-6,11,13-14H,4,7-10H2/t13-,14-/m1/s1. The Labute approximate surface area is 142 Å². The van der Waals surface area contributed by atoms with Crippen LogP contribution >= 0.6 is 0 Å². The van der Waals surface area contributed by atoms with Gasteiger partial charge >= 0.3 is 6.18 Å². The van der Waals surface area contributed by atoms with Gasteiger partial charge in [-0.1, -0.05) is 30.3 Å². The molecule has 0 radical (unpaired) electrons. The van der Waals surface area contributed by atoms with Gasteiger partial charge in [0.25, 0.3) is 0 Å². The highest BCUT2D eigenvalue weighted by atomic mass is 19.4. The molecule has 2 heterocycles. The number of amides is 1. The van der Waals surface area contributed by atoms with E-state index in [9.17, 15) is 18.0 Å². The first kappa shape index (κ1) is 17.4. The van der Waals surface area contributed by atoms with E-state index in [1.165, 1.54) is 15.9 Å². The second-order valence-electron chi connectivity index (χ2n) is 6.16.